The first kappa shape index (κ1) is 3.98. The molecule has 0 radical (unpaired) electrons. The number of ether oxygens (including phenoxy) is 1. The van der Waals surface area contributed by atoms with Gasteiger partial charge in [0, 0.05) is 0 Å². The lowest BCUT2D eigenvalue weighted by molar-refractivity contribution is -0.194. The van der Waals surface area contributed by atoms with E-state index in [2.05, 4.69) is 18.3 Å². The highest BCUT2D eigenvalue weighted by Crippen LogP contribution is 2.81. The third-order valence-corrected chi connectivity index (χ3v) is 2.61. The Morgan fingerprint density at radius 1 is 1.50 bits per heavy atom. The van der Waals surface area contributed by atoms with Crippen LogP contribution in [0.25, 0.3) is 0 Å². The molecular formula is C2HO5P. The second-order valence-electron chi connectivity index (χ2n) is 1.79. The van der Waals surface area contributed by atoms with E-state index in [1.165, 1.54) is 0 Å². The molecule has 1 atom stereocenters. The van der Waals surface area contributed by atoms with Gasteiger partial charge in [0.05, 0.1) is 0 Å². The maximum Gasteiger partial charge on any atom is 0.486 e. The van der Waals surface area contributed by atoms with Crippen LogP contribution >= 0.6 is 7.82 Å². The highest BCUT2D eigenvalue weighted by molar-refractivity contribution is 7.50. The minimum atomic E-state index is -3.04. The van der Waals surface area contributed by atoms with Crippen molar-refractivity contribution in [2.75, 3.05) is 0 Å². The zero-order valence-electron chi connectivity index (χ0n) is 3.57. The van der Waals surface area contributed by atoms with Crippen molar-refractivity contribution in [1.29, 1.82) is 0 Å². The Labute approximate surface area is 44.1 Å². The highest BCUT2D eigenvalue weighted by atomic mass is 31.2. The summed E-state index contributed by atoms with van der Waals surface area (Å²) in [5, 5.41) is 0. The Morgan fingerprint density at radius 3 is 2.50 bits per heavy atom. The smallest absolute Gasteiger partial charge is 0.284 e. The molecule has 2 bridgehead atoms. The van der Waals surface area contributed by atoms with Crippen LogP contribution in [-0.4, -0.2) is 12.3 Å². The van der Waals surface area contributed by atoms with Crippen LogP contribution in [0.2, 0.25) is 0 Å². The summed E-state index contributed by atoms with van der Waals surface area (Å²) in [5.74, 6) is -1.02. The average Bonchev–Trinajstić information content (AvgIpc) is 2.03. The first-order valence-electron chi connectivity index (χ1n) is 2.10. The van der Waals surface area contributed by atoms with Crippen molar-refractivity contribution in [3.05, 3.63) is 0 Å². The van der Waals surface area contributed by atoms with Crippen molar-refractivity contribution in [3.63, 3.8) is 0 Å². The highest BCUT2D eigenvalue weighted by Gasteiger charge is 2.86. The minimum Gasteiger partial charge on any atom is -0.284 e. The number of rotatable bonds is 0. The topological polar surface area (TPSA) is 57.3 Å². The molecule has 4 aliphatic rings. The van der Waals surface area contributed by atoms with E-state index >= 15 is 0 Å². The van der Waals surface area contributed by atoms with Crippen LogP contribution in [0, 0.1) is 0 Å². The van der Waals surface area contributed by atoms with Gasteiger partial charge in [-0.25, -0.2) is 18.1 Å². The van der Waals surface area contributed by atoms with Crippen LogP contribution in [0.15, 0.2) is 0 Å². The molecule has 5 nitrogen and oxygen atoms in total. The molecule has 1 unspecified atom stereocenters. The first-order chi connectivity index (χ1) is 3.73. The standard InChI is InChI=1S/C2HO5P/c3-8-5-1-2(4-1,6-8)7-8/h1H. The van der Waals surface area contributed by atoms with Crippen molar-refractivity contribution in [3.8, 4) is 0 Å². The van der Waals surface area contributed by atoms with E-state index in [1.54, 1.807) is 0 Å². The molecular weight excluding hydrogens is 135 g/mol. The van der Waals surface area contributed by atoms with Gasteiger partial charge < -0.3 is 0 Å². The number of hydrogen-bond donors (Lipinski definition) is 0. The van der Waals surface area contributed by atoms with Gasteiger partial charge in [0.1, 0.15) is 0 Å². The van der Waals surface area contributed by atoms with Gasteiger partial charge in [-0.3, -0.25) is 4.74 Å². The Bertz CT molecular complexity index is 192. The number of hydrogen-bond acceptors (Lipinski definition) is 5. The summed E-state index contributed by atoms with van der Waals surface area (Å²) in [5.41, 5.74) is 0. The fourth-order valence-corrected chi connectivity index (χ4v) is 2.20. The SMILES string of the molecule is O=P12OC3OC3(O1)O2. The van der Waals surface area contributed by atoms with Gasteiger partial charge in [-0.05, 0) is 0 Å². The largest absolute Gasteiger partial charge is 0.486 e. The third-order valence-electron chi connectivity index (χ3n) is 1.21. The fraction of sp³-hybridized carbons (Fsp3) is 1.00. The van der Waals surface area contributed by atoms with Crippen LogP contribution in [0.1, 0.15) is 0 Å². The first-order valence-corrected chi connectivity index (χ1v) is 3.56. The molecule has 44 valence electrons. The minimum absolute atomic E-state index is 0.506. The summed E-state index contributed by atoms with van der Waals surface area (Å²) in [7, 11) is -3.04. The maximum atomic E-state index is 10.6. The molecule has 4 rings (SSSR count). The summed E-state index contributed by atoms with van der Waals surface area (Å²) in [6, 6.07) is 0. The van der Waals surface area contributed by atoms with Crippen LogP contribution < -0.4 is 0 Å². The summed E-state index contributed by atoms with van der Waals surface area (Å²) in [6.45, 7) is 0. The molecule has 4 fully saturated rings. The zero-order valence-corrected chi connectivity index (χ0v) is 4.46. The lowest BCUT2D eigenvalue weighted by Crippen LogP contribution is -2.23. The second-order valence-corrected chi connectivity index (χ2v) is 3.26. The zero-order chi connectivity index (χ0) is 5.41. The molecule has 0 aromatic carbocycles. The van der Waals surface area contributed by atoms with Crippen molar-refractivity contribution in [1.82, 2.24) is 0 Å². The molecule has 0 N–H and O–H groups in total. The van der Waals surface area contributed by atoms with Gasteiger partial charge >= 0.3 is 13.8 Å². The molecule has 8 heavy (non-hydrogen) atoms. The summed E-state index contributed by atoms with van der Waals surface area (Å²) in [6.07, 6.45) is -0.506. The van der Waals surface area contributed by atoms with E-state index in [0.29, 0.717) is 0 Å². The Morgan fingerprint density at radius 2 is 2.25 bits per heavy atom. The lowest BCUT2D eigenvalue weighted by Gasteiger charge is -2.22. The Kier molecular flexibility index (Phi) is 0.356. The molecule has 4 saturated heterocycles. The van der Waals surface area contributed by atoms with E-state index in [1.807, 2.05) is 0 Å². The van der Waals surface area contributed by atoms with E-state index in [9.17, 15) is 4.57 Å². The number of phosphoric acid groups is 1. The van der Waals surface area contributed by atoms with Crippen molar-refractivity contribution in [2.24, 2.45) is 0 Å². The average molecular weight is 136 g/mol. The quantitative estimate of drug-likeness (QED) is 0.351. The van der Waals surface area contributed by atoms with E-state index in [0.717, 1.165) is 0 Å². The van der Waals surface area contributed by atoms with Crippen LogP contribution in [0.3, 0.4) is 0 Å². The van der Waals surface area contributed by atoms with Gasteiger partial charge in [-0.15, -0.1) is 0 Å². The van der Waals surface area contributed by atoms with Crippen LogP contribution in [0.5, 0.6) is 0 Å². The van der Waals surface area contributed by atoms with E-state index in [-0.39, 0.29) is 0 Å². The summed E-state index contributed by atoms with van der Waals surface area (Å²) in [4.78, 5) is 0. The third kappa shape index (κ3) is 0.230. The fourth-order valence-electron chi connectivity index (χ4n) is 0.809. The molecule has 1 spiro atoms. The number of epoxide rings is 1. The van der Waals surface area contributed by atoms with Gasteiger partial charge in [-0.2, -0.15) is 0 Å². The molecule has 0 aromatic heterocycles. The molecule has 0 aliphatic carbocycles. The molecule has 0 amide bonds. The Hall–Kier alpha value is 0.0700. The molecule has 6 heteroatoms. The summed E-state index contributed by atoms with van der Waals surface area (Å²) < 4.78 is 29.0. The van der Waals surface area contributed by atoms with Gasteiger partial charge in [0.25, 0.3) is 6.29 Å². The van der Waals surface area contributed by atoms with Crippen molar-refractivity contribution < 1.29 is 22.9 Å². The lowest BCUT2D eigenvalue weighted by atomic mass is 10.7. The van der Waals surface area contributed by atoms with E-state index < -0.39 is 20.1 Å². The molecule has 0 saturated carbocycles. The predicted octanol–water partition coefficient (Wildman–Crippen LogP) is 0.182. The maximum absolute atomic E-state index is 10.6. The molecule has 4 aliphatic heterocycles. The van der Waals surface area contributed by atoms with Crippen LogP contribution in [0.4, 0.5) is 0 Å². The molecule has 4 heterocycles. The van der Waals surface area contributed by atoms with Crippen LogP contribution in [-0.2, 0) is 22.9 Å². The van der Waals surface area contributed by atoms with Crippen molar-refractivity contribution >= 4 is 7.82 Å². The summed E-state index contributed by atoms with van der Waals surface area (Å²) >= 11 is 0. The van der Waals surface area contributed by atoms with Gasteiger partial charge in [-0.1, -0.05) is 0 Å². The normalized spacial score (nSPS) is 73.8. The van der Waals surface area contributed by atoms with E-state index in [4.69, 9.17) is 0 Å². The van der Waals surface area contributed by atoms with Gasteiger partial charge in [0.15, 0.2) is 0 Å². The monoisotopic (exact) mass is 136 g/mol. The van der Waals surface area contributed by atoms with Gasteiger partial charge in [0.2, 0.25) is 0 Å². The van der Waals surface area contributed by atoms with Crippen molar-refractivity contribution in [2.45, 2.75) is 12.3 Å². The second kappa shape index (κ2) is 0.716. The predicted molar refractivity (Wildman–Crippen MR) is 18.5 cm³/mol. The number of phosphoric ester groups is 1. The molecule has 0 aromatic rings. The Balaban J connectivity index is 2.19.